The average molecular weight is 250 g/mol. The number of ether oxygens (including phenoxy) is 1. The Hall–Kier alpha value is -1.71. The summed E-state index contributed by atoms with van der Waals surface area (Å²) in [6, 6.07) is 5.26. The summed E-state index contributed by atoms with van der Waals surface area (Å²) in [5.41, 5.74) is 7.57. The van der Waals surface area contributed by atoms with Crippen molar-refractivity contribution in [3.8, 4) is 0 Å². The molecule has 0 aliphatic heterocycles. The first kappa shape index (κ1) is 14.4. The van der Waals surface area contributed by atoms with E-state index in [1.165, 1.54) is 12.8 Å². The molecule has 0 saturated carbocycles. The van der Waals surface area contributed by atoms with E-state index >= 15 is 0 Å². The summed E-state index contributed by atoms with van der Waals surface area (Å²) in [5, 5.41) is 3.26. The van der Waals surface area contributed by atoms with Gasteiger partial charge in [0.15, 0.2) is 0 Å². The molecule has 0 aliphatic carbocycles. The zero-order valence-corrected chi connectivity index (χ0v) is 11.2. The normalized spacial score (nSPS) is 10.1. The second-order valence-corrected chi connectivity index (χ2v) is 4.16. The summed E-state index contributed by atoms with van der Waals surface area (Å²) < 4.78 is 5.02. The van der Waals surface area contributed by atoms with E-state index in [-0.39, 0.29) is 5.97 Å². The molecule has 0 spiro atoms. The van der Waals surface area contributed by atoms with Crippen molar-refractivity contribution in [2.75, 3.05) is 24.2 Å². The van der Waals surface area contributed by atoms with Crippen LogP contribution in [0, 0.1) is 0 Å². The van der Waals surface area contributed by atoms with E-state index in [0.29, 0.717) is 17.9 Å². The zero-order chi connectivity index (χ0) is 13.4. The van der Waals surface area contributed by atoms with Crippen molar-refractivity contribution < 1.29 is 9.53 Å². The molecule has 0 unspecified atom stereocenters. The maximum absolute atomic E-state index is 11.8. The third-order valence-electron chi connectivity index (χ3n) is 2.63. The summed E-state index contributed by atoms with van der Waals surface area (Å²) in [4.78, 5) is 11.8. The minimum Gasteiger partial charge on any atom is -0.462 e. The first-order valence-electron chi connectivity index (χ1n) is 6.49. The lowest BCUT2D eigenvalue weighted by Gasteiger charge is -2.12. The summed E-state index contributed by atoms with van der Waals surface area (Å²) in [5.74, 6) is -0.331. The Balaban J connectivity index is 2.73. The highest BCUT2D eigenvalue weighted by atomic mass is 16.5. The van der Waals surface area contributed by atoms with Gasteiger partial charge in [-0.05, 0) is 31.5 Å². The molecule has 4 nitrogen and oxygen atoms in total. The minimum absolute atomic E-state index is 0.331. The number of anilines is 2. The van der Waals surface area contributed by atoms with E-state index in [4.69, 9.17) is 10.5 Å². The molecule has 4 heteroatoms. The average Bonchev–Trinajstić information content (AvgIpc) is 2.36. The molecule has 100 valence electrons. The fraction of sp³-hybridized carbons (Fsp3) is 0.500. The van der Waals surface area contributed by atoms with Gasteiger partial charge >= 0.3 is 5.97 Å². The first-order valence-corrected chi connectivity index (χ1v) is 6.49. The molecule has 0 aliphatic rings. The molecule has 0 fully saturated rings. The Bertz CT molecular complexity index is 391. The summed E-state index contributed by atoms with van der Waals surface area (Å²) in [6.45, 7) is 5.17. The van der Waals surface area contributed by atoms with Crippen LogP contribution in [-0.2, 0) is 4.74 Å². The van der Waals surface area contributed by atoms with Gasteiger partial charge in [-0.1, -0.05) is 19.8 Å². The Labute approximate surface area is 109 Å². The number of nitrogens with two attached hydrogens (primary N) is 1. The predicted octanol–water partition coefficient (Wildman–Crippen LogP) is 3.05. The largest absolute Gasteiger partial charge is 0.462 e. The van der Waals surface area contributed by atoms with Crippen LogP contribution in [0.2, 0.25) is 0 Å². The van der Waals surface area contributed by atoms with Gasteiger partial charge in [-0.2, -0.15) is 0 Å². The van der Waals surface area contributed by atoms with Gasteiger partial charge in [0.05, 0.1) is 12.2 Å². The van der Waals surface area contributed by atoms with Gasteiger partial charge in [-0.15, -0.1) is 0 Å². The van der Waals surface area contributed by atoms with Crippen LogP contribution in [0.4, 0.5) is 11.4 Å². The first-order chi connectivity index (χ1) is 8.69. The van der Waals surface area contributed by atoms with Crippen LogP contribution in [0.15, 0.2) is 18.2 Å². The van der Waals surface area contributed by atoms with E-state index in [2.05, 4.69) is 12.2 Å². The molecular weight excluding hydrogens is 228 g/mol. The Morgan fingerprint density at radius 3 is 2.78 bits per heavy atom. The van der Waals surface area contributed by atoms with Crippen molar-refractivity contribution in [3.63, 3.8) is 0 Å². The number of benzene rings is 1. The van der Waals surface area contributed by atoms with Gasteiger partial charge in [-0.25, -0.2) is 4.79 Å². The van der Waals surface area contributed by atoms with Gasteiger partial charge in [0, 0.05) is 17.9 Å². The number of nitrogens with one attached hydrogen (secondary N) is 1. The van der Waals surface area contributed by atoms with Gasteiger partial charge in [0.1, 0.15) is 0 Å². The topological polar surface area (TPSA) is 64.3 Å². The summed E-state index contributed by atoms with van der Waals surface area (Å²) >= 11 is 0. The maximum atomic E-state index is 11.8. The highest BCUT2D eigenvalue weighted by molar-refractivity contribution is 5.96. The van der Waals surface area contributed by atoms with E-state index in [1.54, 1.807) is 19.1 Å². The lowest BCUT2D eigenvalue weighted by molar-refractivity contribution is 0.0527. The molecule has 0 saturated heterocycles. The SMILES string of the molecule is CCCCCNc1ccc(N)cc1C(=O)OCC. The van der Waals surface area contributed by atoms with Gasteiger partial charge in [-0.3, -0.25) is 0 Å². The van der Waals surface area contributed by atoms with Crippen LogP contribution in [0.25, 0.3) is 0 Å². The Kier molecular flexibility index (Phi) is 6.05. The highest BCUT2D eigenvalue weighted by Gasteiger charge is 2.12. The molecule has 18 heavy (non-hydrogen) atoms. The van der Waals surface area contributed by atoms with Gasteiger partial charge in [0.25, 0.3) is 0 Å². The second-order valence-electron chi connectivity index (χ2n) is 4.16. The molecule has 0 heterocycles. The van der Waals surface area contributed by atoms with E-state index in [9.17, 15) is 4.79 Å². The fourth-order valence-corrected chi connectivity index (χ4v) is 1.69. The number of hydrogen-bond acceptors (Lipinski definition) is 4. The van der Waals surface area contributed by atoms with E-state index in [1.807, 2.05) is 6.07 Å². The van der Waals surface area contributed by atoms with E-state index in [0.717, 1.165) is 18.7 Å². The summed E-state index contributed by atoms with van der Waals surface area (Å²) in [7, 11) is 0. The van der Waals surface area contributed by atoms with Crippen molar-refractivity contribution in [1.29, 1.82) is 0 Å². The molecule has 3 N–H and O–H groups in total. The lowest BCUT2D eigenvalue weighted by atomic mass is 10.1. The highest BCUT2D eigenvalue weighted by Crippen LogP contribution is 2.20. The molecule has 1 aromatic rings. The predicted molar refractivity (Wildman–Crippen MR) is 74.8 cm³/mol. The van der Waals surface area contributed by atoms with Crippen molar-refractivity contribution in [2.24, 2.45) is 0 Å². The molecule has 0 amide bonds. The van der Waals surface area contributed by atoms with Gasteiger partial charge < -0.3 is 15.8 Å². The number of carbonyl (C=O) groups is 1. The van der Waals surface area contributed by atoms with E-state index < -0.39 is 0 Å². The van der Waals surface area contributed by atoms with Crippen LogP contribution in [0.3, 0.4) is 0 Å². The van der Waals surface area contributed by atoms with Crippen molar-refractivity contribution in [3.05, 3.63) is 23.8 Å². The summed E-state index contributed by atoms with van der Waals surface area (Å²) in [6.07, 6.45) is 3.44. The van der Waals surface area contributed by atoms with Crippen LogP contribution >= 0.6 is 0 Å². The van der Waals surface area contributed by atoms with Gasteiger partial charge in [0.2, 0.25) is 0 Å². The van der Waals surface area contributed by atoms with Crippen molar-refractivity contribution in [1.82, 2.24) is 0 Å². The molecule has 0 radical (unpaired) electrons. The molecule has 1 rings (SSSR count). The quantitative estimate of drug-likeness (QED) is 0.443. The fourth-order valence-electron chi connectivity index (χ4n) is 1.69. The maximum Gasteiger partial charge on any atom is 0.340 e. The number of unbranched alkanes of at least 4 members (excludes halogenated alkanes) is 2. The molecule has 0 bridgehead atoms. The number of carbonyl (C=O) groups excluding carboxylic acids is 1. The van der Waals surface area contributed by atoms with Crippen LogP contribution in [0.5, 0.6) is 0 Å². The zero-order valence-electron chi connectivity index (χ0n) is 11.2. The second kappa shape index (κ2) is 7.58. The molecule has 0 atom stereocenters. The number of hydrogen-bond donors (Lipinski definition) is 2. The molecule has 0 aromatic heterocycles. The lowest BCUT2D eigenvalue weighted by Crippen LogP contribution is -2.11. The number of nitrogen functional groups attached to an aromatic ring is 1. The molecule has 1 aromatic carbocycles. The third-order valence-corrected chi connectivity index (χ3v) is 2.63. The third kappa shape index (κ3) is 4.28. The van der Waals surface area contributed by atoms with Crippen LogP contribution in [0.1, 0.15) is 43.5 Å². The van der Waals surface area contributed by atoms with Crippen LogP contribution < -0.4 is 11.1 Å². The van der Waals surface area contributed by atoms with Crippen LogP contribution in [-0.4, -0.2) is 19.1 Å². The Morgan fingerprint density at radius 2 is 2.11 bits per heavy atom. The standard InChI is InChI=1S/C14H22N2O2/c1-3-5-6-9-16-13-8-7-11(15)10-12(13)14(17)18-4-2/h7-8,10,16H,3-6,9,15H2,1-2H3. The molecular formula is C14H22N2O2. The Morgan fingerprint density at radius 1 is 1.33 bits per heavy atom. The number of esters is 1. The number of rotatable bonds is 7. The monoisotopic (exact) mass is 250 g/mol. The smallest absolute Gasteiger partial charge is 0.340 e. The van der Waals surface area contributed by atoms with Crippen molar-refractivity contribution in [2.45, 2.75) is 33.1 Å². The minimum atomic E-state index is -0.331. The van der Waals surface area contributed by atoms with Crippen molar-refractivity contribution >= 4 is 17.3 Å².